The standard InChI is InChI=1S/C20H28N4O4/c1-19(12-28-13-19)17(26)23-6-4-20(5-7-23)3-2-14-15(20)21-18(22-16(14)25)24-8-10-27-11-9-24/h2-13H2,1H3,(H,21,22,25). The molecule has 1 N–H and O–H groups in total. The van der Waals surface area contributed by atoms with E-state index >= 15 is 0 Å². The van der Waals surface area contributed by atoms with Gasteiger partial charge in [-0.3, -0.25) is 14.6 Å². The number of carbonyl (C=O) groups is 1. The lowest BCUT2D eigenvalue weighted by Gasteiger charge is -2.45. The second kappa shape index (κ2) is 6.56. The van der Waals surface area contributed by atoms with Gasteiger partial charge in [0.2, 0.25) is 11.9 Å². The number of hydrogen-bond donors (Lipinski definition) is 1. The van der Waals surface area contributed by atoms with Crippen LogP contribution in [0, 0.1) is 5.41 Å². The lowest BCUT2D eigenvalue weighted by molar-refractivity contribution is -0.170. The molecule has 0 bridgehead atoms. The summed E-state index contributed by atoms with van der Waals surface area (Å²) in [6, 6.07) is 0. The Labute approximate surface area is 164 Å². The number of amides is 1. The number of hydrogen-bond acceptors (Lipinski definition) is 6. The van der Waals surface area contributed by atoms with Crippen molar-refractivity contribution in [3.63, 3.8) is 0 Å². The van der Waals surface area contributed by atoms with E-state index in [2.05, 4.69) is 9.88 Å². The Hall–Kier alpha value is -1.93. The van der Waals surface area contributed by atoms with E-state index in [9.17, 15) is 9.59 Å². The second-order valence-corrected chi connectivity index (χ2v) is 8.94. The van der Waals surface area contributed by atoms with Crippen molar-refractivity contribution >= 4 is 11.9 Å². The minimum absolute atomic E-state index is 0.000927. The van der Waals surface area contributed by atoms with E-state index < -0.39 is 0 Å². The molecule has 0 atom stereocenters. The van der Waals surface area contributed by atoms with Crippen LogP contribution in [0.4, 0.5) is 5.95 Å². The van der Waals surface area contributed by atoms with Crippen molar-refractivity contribution in [2.75, 3.05) is 57.5 Å². The molecule has 4 aliphatic rings. The molecule has 8 heteroatoms. The molecule has 3 saturated heterocycles. The molecule has 0 radical (unpaired) electrons. The molecule has 1 aromatic heterocycles. The van der Waals surface area contributed by atoms with E-state index in [0.29, 0.717) is 32.4 Å². The summed E-state index contributed by atoms with van der Waals surface area (Å²) < 4.78 is 10.7. The molecule has 3 fully saturated rings. The molecule has 1 spiro atoms. The van der Waals surface area contributed by atoms with Crippen molar-refractivity contribution in [3.8, 4) is 0 Å². The summed E-state index contributed by atoms with van der Waals surface area (Å²) in [6.45, 7) is 7.31. The summed E-state index contributed by atoms with van der Waals surface area (Å²) in [4.78, 5) is 37.6. The molecule has 4 heterocycles. The molecular formula is C20H28N4O4. The Balaban J connectivity index is 1.38. The average molecular weight is 388 g/mol. The van der Waals surface area contributed by atoms with Gasteiger partial charge in [0.05, 0.1) is 37.5 Å². The van der Waals surface area contributed by atoms with E-state index in [1.807, 2.05) is 11.8 Å². The van der Waals surface area contributed by atoms with Gasteiger partial charge in [-0.25, -0.2) is 4.98 Å². The van der Waals surface area contributed by atoms with E-state index in [1.165, 1.54) is 0 Å². The van der Waals surface area contributed by atoms with Crippen LogP contribution in [-0.2, 0) is 26.1 Å². The zero-order valence-corrected chi connectivity index (χ0v) is 16.5. The number of morpholine rings is 1. The van der Waals surface area contributed by atoms with Gasteiger partial charge in [0, 0.05) is 37.2 Å². The number of aromatic nitrogens is 2. The quantitative estimate of drug-likeness (QED) is 0.792. The number of fused-ring (bicyclic) bond motifs is 2. The van der Waals surface area contributed by atoms with Crippen molar-refractivity contribution in [1.82, 2.24) is 14.9 Å². The van der Waals surface area contributed by atoms with Gasteiger partial charge in [0.1, 0.15) is 0 Å². The van der Waals surface area contributed by atoms with Crippen molar-refractivity contribution in [1.29, 1.82) is 0 Å². The van der Waals surface area contributed by atoms with Crippen LogP contribution in [0.15, 0.2) is 4.79 Å². The number of likely N-dealkylation sites (tertiary alicyclic amines) is 1. The minimum atomic E-state index is -0.350. The van der Waals surface area contributed by atoms with Gasteiger partial charge in [0.25, 0.3) is 5.56 Å². The van der Waals surface area contributed by atoms with Gasteiger partial charge in [-0.15, -0.1) is 0 Å². The predicted molar refractivity (Wildman–Crippen MR) is 103 cm³/mol. The molecule has 0 saturated carbocycles. The van der Waals surface area contributed by atoms with E-state index in [0.717, 1.165) is 63.1 Å². The summed E-state index contributed by atoms with van der Waals surface area (Å²) >= 11 is 0. The van der Waals surface area contributed by atoms with Gasteiger partial charge < -0.3 is 19.3 Å². The largest absolute Gasteiger partial charge is 0.379 e. The number of ether oxygens (including phenoxy) is 2. The van der Waals surface area contributed by atoms with Crippen LogP contribution < -0.4 is 10.5 Å². The molecule has 152 valence electrons. The van der Waals surface area contributed by atoms with Crippen LogP contribution in [0.25, 0.3) is 0 Å². The van der Waals surface area contributed by atoms with Crippen molar-refractivity contribution in [2.24, 2.45) is 5.41 Å². The third-order valence-corrected chi connectivity index (χ3v) is 7.03. The van der Waals surface area contributed by atoms with Gasteiger partial charge in [0.15, 0.2) is 0 Å². The topological polar surface area (TPSA) is 87.8 Å². The number of aromatic amines is 1. The summed E-state index contributed by atoms with van der Waals surface area (Å²) in [5.74, 6) is 0.880. The van der Waals surface area contributed by atoms with Gasteiger partial charge >= 0.3 is 0 Å². The number of carbonyl (C=O) groups excluding carboxylic acids is 1. The molecule has 1 aromatic rings. The van der Waals surface area contributed by atoms with Crippen LogP contribution in [0.1, 0.15) is 37.4 Å². The molecule has 0 aromatic carbocycles. The molecule has 1 amide bonds. The van der Waals surface area contributed by atoms with E-state index in [4.69, 9.17) is 14.5 Å². The maximum atomic E-state index is 12.8. The molecular weight excluding hydrogens is 360 g/mol. The Morgan fingerprint density at radius 2 is 1.79 bits per heavy atom. The Morgan fingerprint density at radius 3 is 2.43 bits per heavy atom. The molecule has 0 unspecified atom stereocenters. The van der Waals surface area contributed by atoms with Crippen LogP contribution in [0.5, 0.6) is 0 Å². The fraction of sp³-hybridized carbons (Fsp3) is 0.750. The zero-order valence-electron chi connectivity index (χ0n) is 16.5. The number of rotatable bonds is 2. The highest BCUT2D eigenvalue weighted by Gasteiger charge is 2.48. The molecule has 1 aliphatic carbocycles. The first-order valence-corrected chi connectivity index (χ1v) is 10.3. The maximum Gasteiger partial charge on any atom is 0.255 e. The highest BCUT2D eigenvalue weighted by atomic mass is 16.5. The normalized spacial score (nSPS) is 25.5. The fourth-order valence-electron chi connectivity index (χ4n) is 5.10. The highest BCUT2D eigenvalue weighted by Crippen LogP contribution is 2.45. The van der Waals surface area contributed by atoms with Crippen LogP contribution in [0.2, 0.25) is 0 Å². The summed E-state index contributed by atoms with van der Waals surface area (Å²) in [5, 5.41) is 0. The summed E-state index contributed by atoms with van der Waals surface area (Å²) in [6.07, 6.45) is 3.48. The van der Waals surface area contributed by atoms with Gasteiger partial charge in [-0.05, 0) is 32.6 Å². The van der Waals surface area contributed by atoms with Crippen molar-refractivity contribution in [2.45, 2.75) is 38.0 Å². The summed E-state index contributed by atoms with van der Waals surface area (Å²) in [7, 11) is 0. The average Bonchev–Trinajstić information content (AvgIpc) is 3.05. The van der Waals surface area contributed by atoms with Crippen LogP contribution >= 0.6 is 0 Å². The number of nitrogens with one attached hydrogen (secondary N) is 1. The molecule has 28 heavy (non-hydrogen) atoms. The van der Waals surface area contributed by atoms with Gasteiger partial charge in [-0.1, -0.05) is 0 Å². The Bertz CT molecular complexity index is 833. The van der Waals surface area contributed by atoms with Crippen LogP contribution in [0.3, 0.4) is 0 Å². The first-order valence-electron chi connectivity index (χ1n) is 10.3. The predicted octanol–water partition coefficient (Wildman–Crippen LogP) is 0.449. The number of nitrogens with zero attached hydrogens (tertiary/aromatic N) is 3. The third kappa shape index (κ3) is 2.76. The monoisotopic (exact) mass is 388 g/mol. The molecule has 5 rings (SSSR count). The van der Waals surface area contributed by atoms with Crippen molar-refractivity contribution in [3.05, 3.63) is 21.6 Å². The number of piperidine rings is 1. The summed E-state index contributed by atoms with van der Waals surface area (Å²) in [5.41, 5.74) is 1.40. The van der Waals surface area contributed by atoms with Crippen LogP contribution in [-0.4, -0.2) is 73.4 Å². The second-order valence-electron chi connectivity index (χ2n) is 8.94. The third-order valence-electron chi connectivity index (χ3n) is 7.03. The Morgan fingerprint density at radius 1 is 1.07 bits per heavy atom. The lowest BCUT2D eigenvalue weighted by Crippen LogP contribution is -2.56. The first-order chi connectivity index (χ1) is 13.5. The smallest absolute Gasteiger partial charge is 0.255 e. The lowest BCUT2D eigenvalue weighted by atomic mass is 9.75. The molecule has 3 aliphatic heterocycles. The van der Waals surface area contributed by atoms with Gasteiger partial charge in [-0.2, -0.15) is 0 Å². The molecule has 8 nitrogen and oxygen atoms in total. The van der Waals surface area contributed by atoms with Crippen molar-refractivity contribution < 1.29 is 14.3 Å². The Kier molecular flexibility index (Phi) is 4.24. The minimum Gasteiger partial charge on any atom is -0.379 e. The number of H-pyrrole nitrogens is 1. The zero-order chi connectivity index (χ0) is 19.4. The van der Waals surface area contributed by atoms with E-state index in [1.54, 1.807) is 0 Å². The highest BCUT2D eigenvalue weighted by molar-refractivity contribution is 5.83. The van der Waals surface area contributed by atoms with E-state index in [-0.39, 0.29) is 22.3 Å². The number of anilines is 1. The maximum absolute atomic E-state index is 12.8. The SMILES string of the molecule is CC1(C(=O)N2CCC3(CCc4c3nc(N3CCOCC3)[nH]c4=O)CC2)COC1. The first kappa shape index (κ1) is 18.1. The fourth-order valence-corrected chi connectivity index (χ4v) is 5.10.